The molecule has 0 atom stereocenters. The first-order valence-electron chi connectivity index (χ1n) is 7.28. The molecule has 0 aliphatic rings. The Morgan fingerprint density at radius 2 is 1.71 bits per heavy atom. The van der Waals surface area contributed by atoms with Crippen molar-refractivity contribution in [3.8, 4) is 18.1 Å². The molecule has 0 amide bonds. The van der Waals surface area contributed by atoms with Crippen molar-refractivity contribution < 1.29 is 24.3 Å². The van der Waals surface area contributed by atoms with Crippen LogP contribution in [-0.2, 0) is 0 Å². The third-order valence-corrected chi connectivity index (χ3v) is 3.94. The molecule has 0 aliphatic heterocycles. The lowest BCUT2D eigenvalue weighted by molar-refractivity contribution is -0.0900. The van der Waals surface area contributed by atoms with E-state index in [1.165, 1.54) is 6.07 Å². The van der Waals surface area contributed by atoms with Crippen LogP contribution in [0.4, 0.5) is 4.39 Å². The number of benzene rings is 2. The van der Waals surface area contributed by atoms with Crippen molar-refractivity contribution >= 4 is 18.5 Å². The van der Waals surface area contributed by atoms with Crippen LogP contribution < -0.4 is 4.74 Å². The minimum atomic E-state index is -1.07. The van der Waals surface area contributed by atoms with E-state index in [4.69, 9.17) is 21.2 Å². The summed E-state index contributed by atoms with van der Waals surface area (Å²) in [4.78, 5) is 0. The molecular formula is C18H21BFO4. The van der Waals surface area contributed by atoms with E-state index in [9.17, 15) is 9.50 Å². The van der Waals surface area contributed by atoms with E-state index in [1.807, 2.05) is 12.1 Å². The van der Waals surface area contributed by atoms with Crippen LogP contribution >= 0.6 is 0 Å². The summed E-state index contributed by atoms with van der Waals surface area (Å²) >= 11 is 0. The summed E-state index contributed by atoms with van der Waals surface area (Å²) in [5, 5.41) is 25.6. The Hall–Kier alpha value is -2.07. The molecule has 0 bridgehead atoms. The second-order valence-corrected chi connectivity index (χ2v) is 6.21. The van der Waals surface area contributed by atoms with Gasteiger partial charge in [0.1, 0.15) is 17.2 Å². The first-order valence-corrected chi connectivity index (χ1v) is 7.28. The van der Waals surface area contributed by atoms with Gasteiger partial charge in [0.15, 0.2) is 0 Å². The molecule has 127 valence electrons. The number of halogens is 1. The number of aliphatic hydroxyl groups is 1. The fraction of sp³-hybridized carbons (Fsp3) is 0.333. The molecule has 2 rings (SSSR count). The van der Waals surface area contributed by atoms with Gasteiger partial charge in [-0.2, -0.15) is 0 Å². The highest BCUT2D eigenvalue weighted by molar-refractivity contribution is 6.13. The Morgan fingerprint density at radius 3 is 2.21 bits per heavy atom. The van der Waals surface area contributed by atoms with E-state index in [2.05, 4.69) is 5.92 Å². The molecule has 1 radical (unpaired) electrons. The standard InChI is InChI=1S/C18H19FO2.BH2O2/c1-6-13-14(19)11-10-12-8-7-9-15(16(12)13)21-18(4,5)17(2,3)20;2-1-3/h1,7-11,20H,2-5H3;2-3H. The monoisotopic (exact) mass is 331 g/mol. The third kappa shape index (κ3) is 4.27. The lowest BCUT2D eigenvalue weighted by Gasteiger charge is -2.37. The van der Waals surface area contributed by atoms with Gasteiger partial charge in [0, 0.05) is 5.39 Å². The van der Waals surface area contributed by atoms with E-state index in [0.717, 1.165) is 5.39 Å². The molecule has 0 aromatic heterocycles. The maximum atomic E-state index is 13.9. The second kappa shape index (κ2) is 7.67. The molecule has 24 heavy (non-hydrogen) atoms. The van der Waals surface area contributed by atoms with Gasteiger partial charge in [-0.25, -0.2) is 4.39 Å². The van der Waals surface area contributed by atoms with Crippen molar-refractivity contribution in [3.63, 3.8) is 0 Å². The van der Waals surface area contributed by atoms with Gasteiger partial charge in [-0.1, -0.05) is 24.1 Å². The van der Waals surface area contributed by atoms with Crippen LogP contribution in [0.25, 0.3) is 10.8 Å². The van der Waals surface area contributed by atoms with Crippen molar-refractivity contribution in [3.05, 3.63) is 41.7 Å². The average molecular weight is 331 g/mol. The number of terminal acetylenes is 1. The number of rotatable bonds is 3. The Kier molecular flexibility index (Phi) is 6.39. The van der Waals surface area contributed by atoms with Crippen LogP contribution in [0.2, 0.25) is 0 Å². The number of fused-ring (bicyclic) bond motifs is 1. The highest BCUT2D eigenvalue weighted by Gasteiger charge is 2.37. The smallest absolute Gasteiger partial charge is 0.482 e. The quantitative estimate of drug-likeness (QED) is 0.597. The molecular weight excluding hydrogens is 310 g/mol. The maximum Gasteiger partial charge on any atom is 0.482 e. The van der Waals surface area contributed by atoms with E-state index >= 15 is 0 Å². The Morgan fingerprint density at radius 1 is 1.12 bits per heavy atom. The Labute approximate surface area is 142 Å². The van der Waals surface area contributed by atoms with E-state index in [1.54, 1.807) is 39.8 Å². The van der Waals surface area contributed by atoms with Gasteiger partial charge in [0.25, 0.3) is 0 Å². The fourth-order valence-corrected chi connectivity index (χ4v) is 1.95. The molecule has 0 saturated heterocycles. The van der Waals surface area contributed by atoms with Gasteiger partial charge in [-0.15, -0.1) is 6.42 Å². The zero-order chi connectivity index (χ0) is 18.5. The third-order valence-electron chi connectivity index (χ3n) is 3.94. The number of ether oxygens (including phenoxy) is 1. The fourth-order valence-electron chi connectivity index (χ4n) is 1.95. The summed E-state index contributed by atoms with van der Waals surface area (Å²) in [6.45, 7) is 6.89. The molecule has 0 spiro atoms. The van der Waals surface area contributed by atoms with Crippen LogP contribution in [0.3, 0.4) is 0 Å². The molecule has 0 heterocycles. The second-order valence-electron chi connectivity index (χ2n) is 6.21. The first-order chi connectivity index (χ1) is 11.1. The SMILES string of the molecule is C#Cc1c(F)ccc2cccc(OC(C)(C)C(C)(C)O)c12.O[B]O. The molecule has 0 saturated carbocycles. The van der Waals surface area contributed by atoms with Crippen LogP contribution in [0.5, 0.6) is 5.75 Å². The lowest BCUT2D eigenvalue weighted by Crippen LogP contribution is -2.49. The predicted octanol–water partition coefficient (Wildman–Crippen LogP) is 2.39. The van der Waals surface area contributed by atoms with Gasteiger partial charge < -0.3 is 19.9 Å². The summed E-state index contributed by atoms with van der Waals surface area (Å²) in [6, 6.07) is 8.41. The summed E-state index contributed by atoms with van der Waals surface area (Å²) in [6.07, 6.45) is 5.44. The maximum absolute atomic E-state index is 13.9. The zero-order valence-electron chi connectivity index (χ0n) is 14.2. The molecule has 6 heteroatoms. The van der Waals surface area contributed by atoms with Gasteiger partial charge in [-0.3, -0.25) is 0 Å². The first kappa shape index (κ1) is 20.0. The predicted molar refractivity (Wildman–Crippen MR) is 93.0 cm³/mol. The summed E-state index contributed by atoms with van der Waals surface area (Å²) in [7, 11) is 0. The van der Waals surface area contributed by atoms with Gasteiger partial charge in [-0.05, 0) is 45.2 Å². The van der Waals surface area contributed by atoms with Crippen LogP contribution in [-0.4, -0.2) is 34.0 Å². The normalized spacial score (nSPS) is 11.3. The minimum absolute atomic E-state index is 0. The largest absolute Gasteiger partial charge is 0.484 e. The average Bonchev–Trinajstić information content (AvgIpc) is 2.47. The summed E-state index contributed by atoms with van der Waals surface area (Å²) in [5.41, 5.74) is -1.76. The summed E-state index contributed by atoms with van der Waals surface area (Å²) < 4.78 is 19.9. The Balaban J connectivity index is 0.000000891. The number of hydrogen-bond acceptors (Lipinski definition) is 4. The highest BCUT2D eigenvalue weighted by Crippen LogP contribution is 2.35. The van der Waals surface area contributed by atoms with E-state index < -0.39 is 17.0 Å². The van der Waals surface area contributed by atoms with Gasteiger partial charge in [0.05, 0.1) is 11.2 Å². The molecule has 2 aromatic carbocycles. The van der Waals surface area contributed by atoms with Crippen molar-refractivity contribution in [2.75, 3.05) is 0 Å². The molecule has 2 aromatic rings. The number of hydrogen-bond donors (Lipinski definition) is 3. The summed E-state index contributed by atoms with van der Waals surface area (Å²) in [5.74, 6) is 2.39. The van der Waals surface area contributed by atoms with Gasteiger partial charge >= 0.3 is 7.69 Å². The molecule has 3 N–H and O–H groups in total. The van der Waals surface area contributed by atoms with Crippen molar-refractivity contribution in [1.82, 2.24) is 0 Å². The van der Waals surface area contributed by atoms with E-state index in [0.29, 0.717) is 11.1 Å². The highest BCUT2D eigenvalue weighted by atomic mass is 19.1. The van der Waals surface area contributed by atoms with Crippen LogP contribution in [0.1, 0.15) is 33.3 Å². The topological polar surface area (TPSA) is 69.9 Å². The molecule has 0 aliphatic carbocycles. The van der Waals surface area contributed by atoms with Crippen LogP contribution in [0.15, 0.2) is 30.3 Å². The van der Waals surface area contributed by atoms with Crippen molar-refractivity contribution in [2.45, 2.75) is 38.9 Å². The van der Waals surface area contributed by atoms with Crippen LogP contribution in [0, 0.1) is 18.2 Å². The zero-order valence-corrected chi connectivity index (χ0v) is 14.2. The van der Waals surface area contributed by atoms with E-state index in [-0.39, 0.29) is 13.2 Å². The van der Waals surface area contributed by atoms with Crippen molar-refractivity contribution in [2.24, 2.45) is 0 Å². The molecule has 4 nitrogen and oxygen atoms in total. The molecule has 0 fully saturated rings. The minimum Gasteiger partial charge on any atom is -0.484 e. The molecule has 0 unspecified atom stereocenters. The van der Waals surface area contributed by atoms with Crippen molar-refractivity contribution in [1.29, 1.82) is 0 Å². The Bertz CT molecular complexity index is 745. The lowest BCUT2D eigenvalue weighted by atomic mass is 9.89. The van der Waals surface area contributed by atoms with Gasteiger partial charge in [0.2, 0.25) is 0 Å².